The molecule has 3 aromatic rings. The lowest BCUT2D eigenvalue weighted by Gasteiger charge is -2.18. The van der Waals surface area contributed by atoms with Crippen LogP contribution in [0.4, 0.5) is 0 Å². The van der Waals surface area contributed by atoms with Crippen LogP contribution in [0.5, 0.6) is 0 Å². The SMILES string of the molecule is CCN(CC)Cc1ccc(CNC(=NC)NCc2coc(-c3ccc(C)cc3)n2)cc1.I. The van der Waals surface area contributed by atoms with Gasteiger partial charge in [-0.25, -0.2) is 4.98 Å². The molecule has 0 aliphatic carbocycles. The Balaban J connectivity index is 0.00000363. The van der Waals surface area contributed by atoms with Crippen molar-refractivity contribution in [1.29, 1.82) is 0 Å². The Morgan fingerprint density at radius 2 is 1.56 bits per heavy atom. The summed E-state index contributed by atoms with van der Waals surface area (Å²) in [4.78, 5) is 11.3. The predicted molar refractivity (Wildman–Crippen MR) is 142 cm³/mol. The molecule has 0 amide bonds. The van der Waals surface area contributed by atoms with Crippen molar-refractivity contribution < 1.29 is 4.42 Å². The highest BCUT2D eigenvalue weighted by Gasteiger charge is 2.08. The van der Waals surface area contributed by atoms with Gasteiger partial charge in [0.05, 0.1) is 12.2 Å². The van der Waals surface area contributed by atoms with E-state index in [2.05, 4.69) is 82.7 Å². The van der Waals surface area contributed by atoms with Gasteiger partial charge in [-0.15, -0.1) is 24.0 Å². The molecule has 0 saturated heterocycles. The lowest BCUT2D eigenvalue weighted by molar-refractivity contribution is 0.296. The van der Waals surface area contributed by atoms with Crippen molar-refractivity contribution in [3.63, 3.8) is 0 Å². The van der Waals surface area contributed by atoms with Gasteiger partial charge in [-0.1, -0.05) is 55.8 Å². The van der Waals surface area contributed by atoms with E-state index in [0.717, 1.165) is 36.9 Å². The molecule has 6 nitrogen and oxygen atoms in total. The van der Waals surface area contributed by atoms with Gasteiger partial charge < -0.3 is 15.1 Å². The first-order valence-electron chi connectivity index (χ1n) is 10.9. The van der Waals surface area contributed by atoms with Gasteiger partial charge >= 0.3 is 0 Å². The highest BCUT2D eigenvalue weighted by molar-refractivity contribution is 14.0. The van der Waals surface area contributed by atoms with Crippen molar-refractivity contribution in [3.8, 4) is 11.5 Å². The minimum atomic E-state index is 0. The van der Waals surface area contributed by atoms with Crippen molar-refractivity contribution >= 4 is 29.9 Å². The zero-order valence-electron chi connectivity index (χ0n) is 19.4. The number of aliphatic imine (C=N–C) groups is 1. The van der Waals surface area contributed by atoms with E-state index < -0.39 is 0 Å². The maximum atomic E-state index is 5.63. The summed E-state index contributed by atoms with van der Waals surface area (Å²) in [7, 11) is 1.77. The van der Waals surface area contributed by atoms with Gasteiger partial charge in [0.25, 0.3) is 0 Å². The first kappa shape index (κ1) is 25.9. The molecule has 7 heteroatoms. The lowest BCUT2D eigenvalue weighted by atomic mass is 10.1. The van der Waals surface area contributed by atoms with Gasteiger partial charge in [0.2, 0.25) is 5.89 Å². The molecule has 0 radical (unpaired) electrons. The van der Waals surface area contributed by atoms with Crippen molar-refractivity contribution in [2.75, 3.05) is 20.1 Å². The number of nitrogens with one attached hydrogen (secondary N) is 2. The Hall–Kier alpha value is -2.39. The molecule has 172 valence electrons. The summed E-state index contributed by atoms with van der Waals surface area (Å²) in [6.07, 6.45) is 1.68. The molecule has 0 fully saturated rings. The molecule has 0 unspecified atom stereocenters. The van der Waals surface area contributed by atoms with E-state index in [9.17, 15) is 0 Å². The van der Waals surface area contributed by atoms with Crippen LogP contribution in [-0.4, -0.2) is 36.0 Å². The fourth-order valence-corrected chi connectivity index (χ4v) is 3.27. The molecule has 0 bridgehead atoms. The molecule has 1 heterocycles. The number of hydrogen-bond donors (Lipinski definition) is 2. The molecule has 0 spiro atoms. The molecule has 0 saturated carbocycles. The summed E-state index contributed by atoms with van der Waals surface area (Å²) >= 11 is 0. The van der Waals surface area contributed by atoms with Crippen LogP contribution < -0.4 is 10.6 Å². The summed E-state index contributed by atoms with van der Waals surface area (Å²) in [6, 6.07) is 16.9. The first-order valence-corrected chi connectivity index (χ1v) is 10.9. The number of halogens is 1. The van der Waals surface area contributed by atoms with Gasteiger partial charge in [-0.2, -0.15) is 0 Å². The number of benzene rings is 2. The normalized spacial score (nSPS) is 11.3. The molecule has 0 aliphatic heterocycles. The first-order chi connectivity index (χ1) is 15.1. The smallest absolute Gasteiger partial charge is 0.226 e. The number of oxazole rings is 1. The van der Waals surface area contributed by atoms with Crippen molar-refractivity contribution in [2.45, 2.75) is 40.4 Å². The second kappa shape index (κ2) is 13.2. The Bertz CT molecular complexity index is 963. The molecular formula is C25H34IN5O. The third-order valence-corrected chi connectivity index (χ3v) is 5.29. The van der Waals surface area contributed by atoms with Crippen LogP contribution in [0.2, 0.25) is 0 Å². The fourth-order valence-electron chi connectivity index (χ4n) is 3.27. The maximum absolute atomic E-state index is 5.63. The second-order valence-electron chi connectivity index (χ2n) is 7.57. The Morgan fingerprint density at radius 3 is 2.19 bits per heavy atom. The van der Waals surface area contributed by atoms with E-state index in [4.69, 9.17) is 4.42 Å². The van der Waals surface area contributed by atoms with Gasteiger partial charge in [0.15, 0.2) is 5.96 Å². The number of aromatic nitrogens is 1. The minimum absolute atomic E-state index is 0. The number of guanidine groups is 1. The van der Waals surface area contributed by atoms with Crippen molar-refractivity contribution in [2.24, 2.45) is 4.99 Å². The monoisotopic (exact) mass is 547 g/mol. The zero-order chi connectivity index (χ0) is 22.1. The minimum Gasteiger partial charge on any atom is -0.444 e. The molecule has 2 aromatic carbocycles. The van der Waals surface area contributed by atoms with Crippen molar-refractivity contribution in [1.82, 2.24) is 20.5 Å². The maximum Gasteiger partial charge on any atom is 0.226 e. The van der Waals surface area contributed by atoms with Crippen LogP contribution in [0.1, 0.15) is 36.2 Å². The molecule has 0 atom stereocenters. The topological polar surface area (TPSA) is 65.7 Å². The van der Waals surface area contributed by atoms with Gasteiger partial charge in [0, 0.05) is 25.7 Å². The third-order valence-electron chi connectivity index (χ3n) is 5.29. The second-order valence-corrected chi connectivity index (χ2v) is 7.57. The average molecular weight is 547 g/mol. The van der Waals surface area contributed by atoms with E-state index in [0.29, 0.717) is 19.0 Å². The largest absolute Gasteiger partial charge is 0.444 e. The van der Waals surface area contributed by atoms with Crippen LogP contribution in [0, 0.1) is 6.92 Å². The Labute approximate surface area is 208 Å². The van der Waals surface area contributed by atoms with E-state index in [1.807, 2.05) is 12.1 Å². The van der Waals surface area contributed by atoms with Crippen LogP contribution in [0.25, 0.3) is 11.5 Å². The number of hydrogen-bond acceptors (Lipinski definition) is 4. The van der Waals surface area contributed by atoms with Crippen LogP contribution in [-0.2, 0) is 19.6 Å². The molecule has 2 N–H and O–H groups in total. The molecule has 32 heavy (non-hydrogen) atoms. The van der Waals surface area contributed by atoms with Crippen LogP contribution in [0.3, 0.4) is 0 Å². The third kappa shape index (κ3) is 7.63. The zero-order valence-corrected chi connectivity index (χ0v) is 21.7. The quantitative estimate of drug-likeness (QED) is 0.225. The summed E-state index contributed by atoms with van der Waals surface area (Å²) in [5.41, 5.74) is 5.58. The van der Waals surface area contributed by atoms with E-state index >= 15 is 0 Å². The summed E-state index contributed by atoms with van der Waals surface area (Å²) in [5.74, 6) is 1.36. The van der Waals surface area contributed by atoms with Gasteiger partial charge in [0.1, 0.15) is 6.26 Å². The van der Waals surface area contributed by atoms with E-state index in [1.54, 1.807) is 13.3 Å². The molecular weight excluding hydrogens is 513 g/mol. The highest BCUT2D eigenvalue weighted by atomic mass is 127. The predicted octanol–water partition coefficient (Wildman–Crippen LogP) is 4.98. The average Bonchev–Trinajstić information content (AvgIpc) is 3.28. The van der Waals surface area contributed by atoms with E-state index in [1.165, 1.54) is 16.7 Å². The summed E-state index contributed by atoms with van der Waals surface area (Å²) in [5, 5.41) is 6.65. The standard InChI is InChI=1S/C25H33N5O.HI/c1-5-30(6-2)17-21-11-9-20(10-12-21)15-27-25(26-4)28-16-23-18-31-24(29-23)22-13-7-19(3)8-14-22;/h7-14,18H,5-6,15-17H2,1-4H3,(H2,26,27,28);1H. The molecule has 1 aromatic heterocycles. The summed E-state index contributed by atoms with van der Waals surface area (Å²) in [6.45, 7) is 10.8. The molecule has 3 rings (SSSR count). The lowest BCUT2D eigenvalue weighted by Crippen LogP contribution is -2.36. The number of rotatable bonds is 9. The number of aryl methyl sites for hydroxylation is 1. The Morgan fingerprint density at radius 1 is 0.938 bits per heavy atom. The van der Waals surface area contributed by atoms with Crippen molar-refractivity contribution in [3.05, 3.63) is 77.2 Å². The van der Waals surface area contributed by atoms with E-state index in [-0.39, 0.29) is 24.0 Å². The fraction of sp³-hybridized carbons (Fsp3) is 0.360. The van der Waals surface area contributed by atoms with Crippen LogP contribution in [0.15, 0.2) is 64.2 Å². The summed E-state index contributed by atoms with van der Waals surface area (Å²) < 4.78 is 5.63. The van der Waals surface area contributed by atoms with Crippen LogP contribution >= 0.6 is 24.0 Å². The molecule has 0 aliphatic rings. The number of nitrogens with zero attached hydrogens (tertiary/aromatic N) is 3. The highest BCUT2D eigenvalue weighted by Crippen LogP contribution is 2.19. The Kier molecular flexibility index (Phi) is 10.7. The van der Waals surface area contributed by atoms with Gasteiger partial charge in [-0.05, 0) is 43.3 Å². The van der Waals surface area contributed by atoms with Gasteiger partial charge in [-0.3, -0.25) is 9.89 Å².